The average Bonchev–Trinajstić information content (AvgIpc) is 1.33. The summed E-state index contributed by atoms with van der Waals surface area (Å²) in [4.78, 5) is 14.2. The Hall–Kier alpha value is -0.440. The molecule has 4 N–H and O–H groups in total. The van der Waals surface area contributed by atoms with Crippen LogP contribution in [-0.4, -0.2) is 9.79 Å². The van der Waals surface area contributed by atoms with Crippen molar-refractivity contribution < 1.29 is 14.4 Å². The van der Waals surface area contributed by atoms with E-state index in [9.17, 15) is 0 Å². The van der Waals surface area contributed by atoms with Gasteiger partial charge in [0.15, 0.2) is 0 Å². The standard InChI is InChI=1S/C2H5N.HO3P/c1-2-3;1-4(2)3/h2H,1,3H2;(H-,1,2,3)/p+1. The van der Waals surface area contributed by atoms with Crippen LogP contribution >= 0.6 is 8.25 Å². The van der Waals surface area contributed by atoms with Crippen molar-refractivity contribution in [1.82, 2.24) is 0 Å². The SMILES string of the molecule is C=CN.O=[P+](O)O. The van der Waals surface area contributed by atoms with E-state index in [0.717, 1.165) is 0 Å². The maximum Gasteiger partial charge on any atom is 0.692 e. The van der Waals surface area contributed by atoms with E-state index in [0.29, 0.717) is 0 Å². The van der Waals surface area contributed by atoms with E-state index in [4.69, 9.17) is 14.4 Å². The summed E-state index contributed by atoms with van der Waals surface area (Å²) in [6.07, 6.45) is 1.25. The van der Waals surface area contributed by atoms with E-state index >= 15 is 0 Å². The van der Waals surface area contributed by atoms with Crippen molar-refractivity contribution >= 4 is 8.25 Å². The predicted molar refractivity (Wildman–Crippen MR) is 26.4 cm³/mol. The van der Waals surface area contributed by atoms with Crippen molar-refractivity contribution in [3.63, 3.8) is 0 Å². The Bertz CT molecular complexity index is 60.0. The summed E-state index contributed by atoms with van der Waals surface area (Å²) < 4.78 is 8.70. The normalized spacial score (nSPS) is 5.43. The Kier molecular flexibility index (Phi) is 12.7. The van der Waals surface area contributed by atoms with Crippen LogP contribution in [0.15, 0.2) is 12.8 Å². The first-order chi connectivity index (χ1) is 3.15. The number of rotatable bonds is 0. The largest absolute Gasteiger partial charge is 0.692 e. The highest BCUT2D eigenvalue weighted by atomic mass is 31.1. The molecule has 0 unspecified atom stereocenters. The molecule has 0 aliphatic heterocycles. The Morgan fingerprint density at radius 3 is 1.71 bits per heavy atom. The Balaban J connectivity index is 0. The second-order valence-corrected chi connectivity index (χ2v) is 0.994. The van der Waals surface area contributed by atoms with Gasteiger partial charge in [0.25, 0.3) is 0 Å². The maximum absolute atomic E-state index is 8.70. The van der Waals surface area contributed by atoms with Crippen molar-refractivity contribution in [3.8, 4) is 0 Å². The van der Waals surface area contributed by atoms with Gasteiger partial charge in [-0.2, -0.15) is 0 Å². The fourth-order valence-electron chi connectivity index (χ4n) is 0. The van der Waals surface area contributed by atoms with Crippen molar-refractivity contribution in [2.75, 3.05) is 0 Å². The van der Waals surface area contributed by atoms with Gasteiger partial charge >= 0.3 is 8.25 Å². The monoisotopic (exact) mass is 124 g/mol. The molecule has 0 fully saturated rings. The second kappa shape index (κ2) is 9.12. The minimum Gasteiger partial charge on any atom is -0.405 e. The van der Waals surface area contributed by atoms with Crippen LogP contribution in [0.5, 0.6) is 0 Å². The zero-order chi connectivity index (χ0) is 6.28. The van der Waals surface area contributed by atoms with Crippen molar-refractivity contribution in [3.05, 3.63) is 12.8 Å². The van der Waals surface area contributed by atoms with Crippen molar-refractivity contribution in [2.24, 2.45) is 5.73 Å². The molecule has 0 rings (SSSR count). The van der Waals surface area contributed by atoms with Gasteiger partial charge in [0, 0.05) is 4.57 Å². The van der Waals surface area contributed by atoms with Gasteiger partial charge in [0.05, 0.1) is 0 Å². The molecular formula is C2H7NO3P+. The lowest BCUT2D eigenvalue weighted by Gasteiger charge is -1.40. The van der Waals surface area contributed by atoms with Gasteiger partial charge < -0.3 is 5.73 Å². The van der Waals surface area contributed by atoms with Gasteiger partial charge in [0.1, 0.15) is 0 Å². The van der Waals surface area contributed by atoms with Crippen LogP contribution in [0.4, 0.5) is 0 Å². The quantitative estimate of drug-likeness (QED) is 0.387. The van der Waals surface area contributed by atoms with Crippen LogP contribution in [0.1, 0.15) is 0 Å². The van der Waals surface area contributed by atoms with Crippen LogP contribution in [0.3, 0.4) is 0 Å². The summed E-state index contributed by atoms with van der Waals surface area (Å²) in [5.41, 5.74) is 4.61. The van der Waals surface area contributed by atoms with Gasteiger partial charge in [-0.05, 0) is 6.20 Å². The molecule has 5 heteroatoms. The van der Waals surface area contributed by atoms with Crippen LogP contribution in [0.25, 0.3) is 0 Å². The third kappa shape index (κ3) is 364. The summed E-state index contributed by atoms with van der Waals surface area (Å²) >= 11 is 0. The van der Waals surface area contributed by atoms with E-state index in [1.165, 1.54) is 6.20 Å². The van der Waals surface area contributed by atoms with E-state index in [-0.39, 0.29) is 0 Å². The zero-order valence-corrected chi connectivity index (χ0v) is 4.51. The molecule has 0 aromatic heterocycles. The maximum atomic E-state index is 8.70. The molecular weight excluding hydrogens is 117 g/mol. The molecule has 0 aliphatic rings. The van der Waals surface area contributed by atoms with E-state index in [2.05, 4.69) is 12.3 Å². The lowest BCUT2D eigenvalue weighted by atomic mass is 11.1. The molecule has 42 valence electrons. The summed E-state index contributed by atoms with van der Waals surface area (Å²) in [6.45, 7) is 3.14. The van der Waals surface area contributed by atoms with Gasteiger partial charge in [-0.25, -0.2) is 0 Å². The first-order valence-electron chi connectivity index (χ1n) is 1.32. The first kappa shape index (κ1) is 9.75. The third-order valence-corrected chi connectivity index (χ3v) is 0. The molecule has 0 saturated carbocycles. The Morgan fingerprint density at radius 2 is 1.71 bits per heavy atom. The molecule has 0 bridgehead atoms. The van der Waals surface area contributed by atoms with Gasteiger partial charge in [-0.1, -0.05) is 6.58 Å². The van der Waals surface area contributed by atoms with Gasteiger partial charge in [-0.15, -0.1) is 9.79 Å². The molecule has 0 heterocycles. The van der Waals surface area contributed by atoms with Gasteiger partial charge in [0.2, 0.25) is 0 Å². The molecule has 0 aliphatic carbocycles. The van der Waals surface area contributed by atoms with Crippen LogP contribution in [-0.2, 0) is 4.57 Å². The second-order valence-electron chi connectivity index (χ2n) is 0.488. The fourth-order valence-corrected chi connectivity index (χ4v) is 0. The third-order valence-electron chi connectivity index (χ3n) is 0. The number of nitrogens with two attached hydrogens (primary N) is 1. The molecule has 0 radical (unpaired) electrons. The van der Waals surface area contributed by atoms with Gasteiger partial charge in [-0.3, -0.25) is 0 Å². The molecule has 0 aromatic rings. The highest BCUT2D eigenvalue weighted by Crippen LogP contribution is 1.98. The van der Waals surface area contributed by atoms with Crippen molar-refractivity contribution in [2.45, 2.75) is 0 Å². The zero-order valence-electron chi connectivity index (χ0n) is 3.61. The van der Waals surface area contributed by atoms with Crippen molar-refractivity contribution in [1.29, 1.82) is 0 Å². The molecule has 0 spiro atoms. The van der Waals surface area contributed by atoms with Crippen LogP contribution in [0.2, 0.25) is 0 Å². The smallest absolute Gasteiger partial charge is 0.405 e. The highest BCUT2D eigenvalue weighted by molar-refractivity contribution is 7.30. The summed E-state index contributed by atoms with van der Waals surface area (Å²) in [6, 6.07) is 0. The average molecular weight is 124 g/mol. The molecule has 0 amide bonds. The first-order valence-corrected chi connectivity index (χ1v) is 2.49. The van der Waals surface area contributed by atoms with E-state index < -0.39 is 8.25 Å². The predicted octanol–water partition coefficient (Wildman–Crippen LogP) is -0.283. The number of hydrogen-bond acceptors (Lipinski definition) is 2. The Labute approximate surface area is 42.2 Å². The molecule has 4 nitrogen and oxygen atoms in total. The minimum atomic E-state index is -2.87. The summed E-state index contributed by atoms with van der Waals surface area (Å²) in [7, 11) is -2.87. The molecule has 7 heavy (non-hydrogen) atoms. The number of hydrogen-bond donors (Lipinski definition) is 3. The summed E-state index contributed by atoms with van der Waals surface area (Å²) in [5.74, 6) is 0. The molecule has 0 aromatic carbocycles. The van der Waals surface area contributed by atoms with E-state index in [1.54, 1.807) is 0 Å². The molecule has 0 atom stereocenters. The van der Waals surface area contributed by atoms with Crippen LogP contribution in [0, 0.1) is 0 Å². The van der Waals surface area contributed by atoms with E-state index in [1.807, 2.05) is 0 Å². The highest BCUT2D eigenvalue weighted by Gasteiger charge is 1.93. The topological polar surface area (TPSA) is 83.6 Å². The molecule has 0 saturated heterocycles. The minimum absolute atomic E-state index is 1.25. The summed E-state index contributed by atoms with van der Waals surface area (Å²) in [5, 5.41) is 0. The van der Waals surface area contributed by atoms with Crippen LogP contribution < -0.4 is 5.73 Å². The fraction of sp³-hybridized carbons (Fsp3) is 0. The lowest BCUT2D eigenvalue weighted by Crippen LogP contribution is -1.67. The lowest BCUT2D eigenvalue weighted by molar-refractivity contribution is 0.405. The Morgan fingerprint density at radius 1 is 1.71 bits per heavy atom.